The van der Waals surface area contributed by atoms with Crippen molar-refractivity contribution in [3.8, 4) is 5.75 Å². The summed E-state index contributed by atoms with van der Waals surface area (Å²) in [6.45, 7) is 9.00. The average molecular weight is 400 g/mol. The smallest absolute Gasteiger partial charge is 0.254 e. The summed E-state index contributed by atoms with van der Waals surface area (Å²) in [5, 5.41) is 2.90. The molecule has 5 nitrogen and oxygen atoms in total. The van der Waals surface area contributed by atoms with E-state index in [0.717, 1.165) is 39.1 Å². The lowest BCUT2D eigenvalue weighted by Gasteiger charge is -2.36. The number of halogens is 1. The van der Waals surface area contributed by atoms with Gasteiger partial charge in [0.1, 0.15) is 11.6 Å². The number of rotatable bonds is 7. The highest BCUT2D eigenvalue weighted by molar-refractivity contribution is 5.94. The molecule has 1 unspecified atom stereocenters. The maximum atomic E-state index is 14.1. The SMILES string of the molecule is COc1ccc(C(=O)NC(C)CCN2CCN(c3cccc(C)c3)CC2)c(F)c1. The Hall–Kier alpha value is -2.60. The first kappa shape index (κ1) is 21.1. The summed E-state index contributed by atoms with van der Waals surface area (Å²) in [5.74, 6) is -0.555. The molecule has 156 valence electrons. The highest BCUT2D eigenvalue weighted by atomic mass is 19.1. The van der Waals surface area contributed by atoms with Crippen LogP contribution in [-0.4, -0.2) is 56.7 Å². The third kappa shape index (κ3) is 5.70. The van der Waals surface area contributed by atoms with E-state index in [2.05, 4.69) is 46.3 Å². The number of amides is 1. The minimum atomic E-state index is -0.568. The highest BCUT2D eigenvalue weighted by Gasteiger charge is 2.19. The number of methoxy groups -OCH3 is 1. The zero-order valence-electron chi connectivity index (χ0n) is 17.5. The van der Waals surface area contributed by atoms with Gasteiger partial charge in [-0.05, 0) is 50.1 Å². The number of nitrogens with zero attached hydrogens (tertiary/aromatic N) is 2. The molecular weight excluding hydrogens is 369 g/mol. The van der Waals surface area contributed by atoms with Crippen molar-refractivity contribution in [3.63, 3.8) is 0 Å². The number of carbonyl (C=O) groups excluding carboxylic acids is 1. The highest BCUT2D eigenvalue weighted by Crippen LogP contribution is 2.18. The molecule has 6 heteroatoms. The van der Waals surface area contributed by atoms with E-state index >= 15 is 0 Å². The molecular formula is C23H30FN3O2. The zero-order chi connectivity index (χ0) is 20.8. The molecule has 1 aliphatic heterocycles. The van der Waals surface area contributed by atoms with Gasteiger partial charge in [-0.3, -0.25) is 9.69 Å². The molecule has 1 N–H and O–H groups in total. The summed E-state index contributed by atoms with van der Waals surface area (Å²) < 4.78 is 19.0. The molecule has 1 amide bonds. The minimum Gasteiger partial charge on any atom is -0.497 e. The summed E-state index contributed by atoms with van der Waals surface area (Å²) in [7, 11) is 1.47. The van der Waals surface area contributed by atoms with Crippen LogP contribution in [0, 0.1) is 12.7 Å². The Morgan fingerprint density at radius 2 is 1.93 bits per heavy atom. The zero-order valence-corrected chi connectivity index (χ0v) is 17.5. The molecule has 0 aromatic heterocycles. The molecule has 1 fully saturated rings. The Morgan fingerprint density at radius 1 is 1.17 bits per heavy atom. The first-order chi connectivity index (χ1) is 14.0. The van der Waals surface area contributed by atoms with Crippen LogP contribution < -0.4 is 15.0 Å². The third-order valence-electron chi connectivity index (χ3n) is 5.42. The maximum absolute atomic E-state index is 14.1. The maximum Gasteiger partial charge on any atom is 0.254 e. The molecule has 1 saturated heterocycles. The van der Waals surface area contributed by atoms with E-state index in [9.17, 15) is 9.18 Å². The van der Waals surface area contributed by atoms with Crippen LogP contribution in [0.2, 0.25) is 0 Å². The Bertz CT molecular complexity index is 835. The monoisotopic (exact) mass is 399 g/mol. The van der Waals surface area contributed by atoms with Crippen LogP contribution in [0.3, 0.4) is 0 Å². The minimum absolute atomic E-state index is 0.0289. The van der Waals surface area contributed by atoms with E-state index in [-0.39, 0.29) is 17.5 Å². The molecule has 1 heterocycles. The van der Waals surface area contributed by atoms with Crippen LogP contribution in [0.4, 0.5) is 10.1 Å². The topological polar surface area (TPSA) is 44.8 Å². The largest absolute Gasteiger partial charge is 0.497 e. The Balaban J connectivity index is 1.43. The number of hydrogen-bond donors (Lipinski definition) is 1. The van der Waals surface area contributed by atoms with Gasteiger partial charge in [0.2, 0.25) is 0 Å². The lowest BCUT2D eigenvalue weighted by atomic mass is 10.1. The van der Waals surface area contributed by atoms with Gasteiger partial charge in [0.05, 0.1) is 12.7 Å². The number of hydrogen-bond acceptors (Lipinski definition) is 4. The molecule has 3 rings (SSSR count). The number of piperazine rings is 1. The lowest BCUT2D eigenvalue weighted by molar-refractivity contribution is 0.0931. The Labute approximate surface area is 172 Å². The van der Waals surface area contributed by atoms with Gasteiger partial charge in [0.15, 0.2) is 0 Å². The van der Waals surface area contributed by atoms with Crippen LogP contribution in [0.25, 0.3) is 0 Å². The third-order valence-corrected chi connectivity index (χ3v) is 5.42. The number of anilines is 1. The average Bonchev–Trinajstić information content (AvgIpc) is 2.72. The summed E-state index contributed by atoms with van der Waals surface area (Å²) in [4.78, 5) is 17.2. The lowest BCUT2D eigenvalue weighted by Crippen LogP contribution is -2.47. The molecule has 2 aromatic rings. The molecule has 0 saturated carbocycles. The number of benzene rings is 2. The van der Waals surface area contributed by atoms with Gasteiger partial charge in [0, 0.05) is 50.5 Å². The van der Waals surface area contributed by atoms with Crippen molar-refractivity contribution in [2.45, 2.75) is 26.3 Å². The van der Waals surface area contributed by atoms with E-state index < -0.39 is 5.82 Å². The number of nitrogens with one attached hydrogen (secondary N) is 1. The van der Waals surface area contributed by atoms with Crippen LogP contribution >= 0.6 is 0 Å². The molecule has 1 atom stereocenters. The van der Waals surface area contributed by atoms with E-state index in [1.165, 1.54) is 30.5 Å². The molecule has 0 aliphatic carbocycles. The summed E-state index contributed by atoms with van der Waals surface area (Å²) in [6, 6.07) is 12.9. The van der Waals surface area contributed by atoms with E-state index in [1.807, 2.05) is 6.92 Å². The fourth-order valence-corrected chi connectivity index (χ4v) is 3.61. The van der Waals surface area contributed by atoms with Crippen molar-refractivity contribution in [2.75, 3.05) is 44.7 Å². The van der Waals surface area contributed by atoms with Crippen molar-refractivity contribution in [3.05, 3.63) is 59.4 Å². The standard InChI is InChI=1S/C23H30FN3O2/c1-17-5-4-6-19(15-17)27-13-11-26(12-14-27)10-9-18(2)25-23(28)21-8-7-20(29-3)16-22(21)24/h4-8,15-16,18H,9-14H2,1-3H3,(H,25,28). The van der Waals surface area contributed by atoms with Crippen molar-refractivity contribution in [1.29, 1.82) is 0 Å². The van der Waals surface area contributed by atoms with Crippen molar-refractivity contribution in [1.82, 2.24) is 10.2 Å². The van der Waals surface area contributed by atoms with Gasteiger partial charge < -0.3 is 15.0 Å². The second-order valence-corrected chi connectivity index (χ2v) is 7.68. The van der Waals surface area contributed by atoms with E-state index in [0.29, 0.717) is 5.75 Å². The first-order valence-corrected chi connectivity index (χ1v) is 10.1. The van der Waals surface area contributed by atoms with Crippen LogP contribution in [0.15, 0.2) is 42.5 Å². The second-order valence-electron chi connectivity index (χ2n) is 7.68. The molecule has 1 aliphatic rings. The van der Waals surface area contributed by atoms with Gasteiger partial charge >= 0.3 is 0 Å². The Morgan fingerprint density at radius 3 is 2.59 bits per heavy atom. The van der Waals surface area contributed by atoms with Crippen LogP contribution in [0.5, 0.6) is 5.75 Å². The second kappa shape index (κ2) is 9.74. The fraction of sp³-hybridized carbons (Fsp3) is 0.435. The van der Waals surface area contributed by atoms with Crippen LogP contribution in [0.1, 0.15) is 29.3 Å². The first-order valence-electron chi connectivity index (χ1n) is 10.1. The number of carbonyl (C=O) groups is 1. The van der Waals surface area contributed by atoms with Gasteiger partial charge in [0.25, 0.3) is 5.91 Å². The van der Waals surface area contributed by atoms with Gasteiger partial charge in [-0.15, -0.1) is 0 Å². The summed E-state index contributed by atoms with van der Waals surface area (Å²) in [5.41, 5.74) is 2.61. The molecule has 0 radical (unpaired) electrons. The van der Waals surface area contributed by atoms with Crippen molar-refractivity contribution in [2.24, 2.45) is 0 Å². The molecule has 2 aromatic carbocycles. The molecule has 0 bridgehead atoms. The summed E-state index contributed by atoms with van der Waals surface area (Å²) in [6.07, 6.45) is 0.827. The molecule has 29 heavy (non-hydrogen) atoms. The van der Waals surface area contributed by atoms with Gasteiger partial charge in [-0.1, -0.05) is 12.1 Å². The normalized spacial score (nSPS) is 15.8. The Kier molecular flexibility index (Phi) is 7.09. The van der Waals surface area contributed by atoms with Gasteiger partial charge in [-0.2, -0.15) is 0 Å². The quantitative estimate of drug-likeness (QED) is 0.774. The number of ether oxygens (including phenoxy) is 1. The molecule has 0 spiro atoms. The van der Waals surface area contributed by atoms with Crippen molar-refractivity contribution >= 4 is 11.6 Å². The van der Waals surface area contributed by atoms with Crippen molar-refractivity contribution < 1.29 is 13.9 Å². The predicted molar refractivity (Wildman–Crippen MR) is 114 cm³/mol. The van der Waals surface area contributed by atoms with Gasteiger partial charge in [-0.25, -0.2) is 4.39 Å². The summed E-state index contributed by atoms with van der Waals surface area (Å²) >= 11 is 0. The van der Waals surface area contributed by atoms with Crippen LogP contribution in [-0.2, 0) is 0 Å². The van der Waals surface area contributed by atoms with E-state index in [4.69, 9.17) is 4.74 Å². The van der Waals surface area contributed by atoms with E-state index in [1.54, 1.807) is 6.07 Å². The number of aryl methyl sites for hydroxylation is 1. The predicted octanol–water partition coefficient (Wildman–Crippen LogP) is 3.47. The fourth-order valence-electron chi connectivity index (χ4n) is 3.61.